The number of carbonyl (C=O) groups excluding carboxylic acids is 2. The number of hydrogen-bond acceptors (Lipinski definition) is 4. The van der Waals surface area contributed by atoms with Gasteiger partial charge in [0.15, 0.2) is 0 Å². The molecule has 0 spiro atoms. The van der Waals surface area contributed by atoms with Crippen molar-refractivity contribution in [2.45, 2.75) is 30.7 Å². The van der Waals surface area contributed by atoms with Crippen LogP contribution in [0.4, 0.5) is 4.39 Å². The summed E-state index contributed by atoms with van der Waals surface area (Å²) in [5.74, 6) is -1.26. The van der Waals surface area contributed by atoms with Gasteiger partial charge in [0.05, 0.1) is 0 Å². The number of rotatable bonds is 7. The summed E-state index contributed by atoms with van der Waals surface area (Å²) in [5, 5.41) is 0. The second-order valence-electron chi connectivity index (χ2n) is 7.35. The molecule has 1 heterocycles. The fourth-order valence-corrected chi connectivity index (χ4v) is 4.83. The Labute approximate surface area is 181 Å². The molecule has 166 valence electrons. The van der Waals surface area contributed by atoms with E-state index in [1.807, 2.05) is 6.07 Å². The van der Waals surface area contributed by atoms with E-state index < -0.39 is 32.7 Å². The Hall–Kier alpha value is -2.78. The monoisotopic (exact) mass is 447 g/mol. The Balaban J connectivity index is 1.81. The third-order valence-electron chi connectivity index (χ3n) is 5.25. The number of sulfonamides is 1. The van der Waals surface area contributed by atoms with Gasteiger partial charge in [-0.1, -0.05) is 49.4 Å². The molecule has 2 aromatic rings. The molecule has 0 saturated carbocycles. The summed E-state index contributed by atoms with van der Waals surface area (Å²) < 4.78 is 42.2. The van der Waals surface area contributed by atoms with E-state index in [2.05, 4.69) is 4.72 Å². The molecule has 1 N–H and O–H groups in total. The molecule has 1 atom stereocenters. The lowest BCUT2D eigenvalue weighted by molar-refractivity contribution is -0.140. The van der Waals surface area contributed by atoms with Crippen LogP contribution in [0.2, 0.25) is 0 Å². The van der Waals surface area contributed by atoms with Gasteiger partial charge in [-0.3, -0.25) is 9.59 Å². The SMILES string of the molecule is CCC(=O)N1CCN(C(=O)[C@H](Cc2ccccc2)NS(=O)(=O)c2ccccc2F)CC1. The van der Waals surface area contributed by atoms with E-state index in [9.17, 15) is 22.4 Å². The number of nitrogens with zero attached hydrogens (tertiary/aromatic N) is 2. The summed E-state index contributed by atoms with van der Waals surface area (Å²) in [4.78, 5) is 27.9. The van der Waals surface area contributed by atoms with Crippen LogP contribution >= 0.6 is 0 Å². The van der Waals surface area contributed by atoms with Crippen LogP contribution < -0.4 is 4.72 Å². The molecule has 0 aromatic heterocycles. The molecule has 7 nitrogen and oxygen atoms in total. The zero-order valence-electron chi connectivity index (χ0n) is 17.3. The van der Waals surface area contributed by atoms with E-state index in [1.165, 1.54) is 12.1 Å². The van der Waals surface area contributed by atoms with Gasteiger partial charge in [0.2, 0.25) is 21.8 Å². The van der Waals surface area contributed by atoms with Gasteiger partial charge in [0.25, 0.3) is 0 Å². The number of benzene rings is 2. The Morgan fingerprint density at radius 1 is 0.968 bits per heavy atom. The van der Waals surface area contributed by atoms with Gasteiger partial charge in [0.1, 0.15) is 16.8 Å². The van der Waals surface area contributed by atoms with E-state index in [4.69, 9.17) is 0 Å². The van der Waals surface area contributed by atoms with Gasteiger partial charge in [-0.05, 0) is 24.1 Å². The molecular weight excluding hydrogens is 421 g/mol. The van der Waals surface area contributed by atoms with Crippen molar-refractivity contribution in [3.8, 4) is 0 Å². The molecule has 2 amide bonds. The highest BCUT2D eigenvalue weighted by Gasteiger charge is 2.32. The molecule has 1 aliphatic heterocycles. The average Bonchev–Trinajstić information content (AvgIpc) is 2.78. The van der Waals surface area contributed by atoms with Crippen LogP contribution in [0.3, 0.4) is 0 Å². The predicted octanol–water partition coefficient (Wildman–Crippen LogP) is 1.80. The van der Waals surface area contributed by atoms with Crippen molar-refractivity contribution in [2.75, 3.05) is 26.2 Å². The Morgan fingerprint density at radius 3 is 2.16 bits per heavy atom. The molecule has 3 rings (SSSR count). The topological polar surface area (TPSA) is 86.8 Å². The predicted molar refractivity (Wildman–Crippen MR) is 114 cm³/mol. The number of piperazine rings is 1. The highest BCUT2D eigenvalue weighted by molar-refractivity contribution is 7.89. The van der Waals surface area contributed by atoms with Crippen LogP contribution in [0.25, 0.3) is 0 Å². The molecule has 1 saturated heterocycles. The van der Waals surface area contributed by atoms with Gasteiger partial charge in [0, 0.05) is 32.6 Å². The maximum absolute atomic E-state index is 14.1. The lowest BCUT2D eigenvalue weighted by atomic mass is 10.1. The molecule has 9 heteroatoms. The van der Waals surface area contributed by atoms with E-state index in [1.54, 1.807) is 41.0 Å². The molecule has 0 aliphatic carbocycles. The molecular formula is C22H26FN3O4S. The van der Waals surface area contributed by atoms with Crippen LogP contribution in [0.1, 0.15) is 18.9 Å². The quantitative estimate of drug-likeness (QED) is 0.701. The number of halogens is 1. The van der Waals surface area contributed by atoms with Gasteiger partial charge >= 0.3 is 0 Å². The van der Waals surface area contributed by atoms with E-state index >= 15 is 0 Å². The third-order valence-corrected chi connectivity index (χ3v) is 6.76. The summed E-state index contributed by atoms with van der Waals surface area (Å²) >= 11 is 0. The summed E-state index contributed by atoms with van der Waals surface area (Å²) in [6, 6.07) is 13.0. The van der Waals surface area contributed by atoms with Crippen molar-refractivity contribution in [2.24, 2.45) is 0 Å². The lowest BCUT2D eigenvalue weighted by Crippen LogP contribution is -2.56. The van der Waals surface area contributed by atoms with Crippen LogP contribution in [0.15, 0.2) is 59.5 Å². The number of nitrogens with one attached hydrogen (secondary N) is 1. The Morgan fingerprint density at radius 2 is 1.55 bits per heavy atom. The largest absolute Gasteiger partial charge is 0.339 e. The minimum atomic E-state index is -4.26. The number of amides is 2. The fraction of sp³-hybridized carbons (Fsp3) is 0.364. The number of hydrogen-bond donors (Lipinski definition) is 1. The number of carbonyl (C=O) groups is 2. The van der Waals surface area contributed by atoms with Gasteiger partial charge in [-0.2, -0.15) is 4.72 Å². The van der Waals surface area contributed by atoms with Crippen molar-refractivity contribution < 1.29 is 22.4 Å². The van der Waals surface area contributed by atoms with Gasteiger partial charge < -0.3 is 9.80 Å². The standard InChI is InChI=1S/C22H26FN3O4S/c1-2-21(27)25-12-14-26(15-13-25)22(28)19(16-17-8-4-3-5-9-17)24-31(29,30)20-11-7-6-10-18(20)23/h3-11,19,24H,2,12-16H2,1H3/t19-/m0/s1. The first-order valence-corrected chi connectivity index (χ1v) is 11.7. The first-order chi connectivity index (χ1) is 14.8. The minimum Gasteiger partial charge on any atom is -0.339 e. The summed E-state index contributed by atoms with van der Waals surface area (Å²) in [6.45, 7) is 3.22. The molecule has 1 fully saturated rings. The molecule has 1 aliphatic rings. The molecule has 0 radical (unpaired) electrons. The summed E-state index contributed by atoms with van der Waals surface area (Å²) in [5.41, 5.74) is 0.775. The van der Waals surface area contributed by atoms with Crippen LogP contribution in [-0.4, -0.2) is 62.3 Å². The smallest absolute Gasteiger partial charge is 0.244 e. The highest BCUT2D eigenvalue weighted by atomic mass is 32.2. The van der Waals surface area contributed by atoms with Crippen molar-refractivity contribution in [1.29, 1.82) is 0 Å². The van der Waals surface area contributed by atoms with E-state index in [-0.39, 0.29) is 12.3 Å². The maximum Gasteiger partial charge on any atom is 0.244 e. The van der Waals surface area contributed by atoms with Crippen LogP contribution in [0, 0.1) is 5.82 Å². The Bertz CT molecular complexity index is 1020. The average molecular weight is 448 g/mol. The van der Waals surface area contributed by atoms with Crippen molar-refractivity contribution in [3.63, 3.8) is 0 Å². The summed E-state index contributed by atoms with van der Waals surface area (Å²) in [6.07, 6.45) is 0.522. The second-order valence-corrected chi connectivity index (χ2v) is 9.04. The van der Waals surface area contributed by atoms with Crippen molar-refractivity contribution >= 4 is 21.8 Å². The van der Waals surface area contributed by atoms with Crippen LogP contribution in [0.5, 0.6) is 0 Å². The zero-order valence-corrected chi connectivity index (χ0v) is 18.1. The Kier molecular flexibility index (Phi) is 7.40. The lowest BCUT2D eigenvalue weighted by Gasteiger charge is -2.36. The first kappa shape index (κ1) is 22.9. The second kappa shape index (κ2) is 10.0. The molecule has 0 unspecified atom stereocenters. The molecule has 31 heavy (non-hydrogen) atoms. The van der Waals surface area contributed by atoms with Crippen LogP contribution in [-0.2, 0) is 26.0 Å². The van der Waals surface area contributed by atoms with E-state index in [0.717, 1.165) is 17.7 Å². The normalized spacial score (nSPS) is 15.5. The fourth-order valence-electron chi connectivity index (χ4n) is 3.56. The molecule has 0 bridgehead atoms. The van der Waals surface area contributed by atoms with Gasteiger partial charge in [-0.25, -0.2) is 12.8 Å². The zero-order chi connectivity index (χ0) is 22.4. The minimum absolute atomic E-state index is 0.0215. The molecule has 2 aromatic carbocycles. The van der Waals surface area contributed by atoms with E-state index in [0.29, 0.717) is 32.6 Å². The third kappa shape index (κ3) is 5.68. The van der Waals surface area contributed by atoms with Gasteiger partial charge in [-0.15, -0.1) is 0 Å². The van der Waals surface area contributed by atoms with Crippen molar-refractivity contribution in [1.82, 2.24) is 14.5 Å². The van der Waals surface area contributed by atoms with Crippen molar-refractivity contribution in [3.05, 3.63) is 66.0 Å². The summed E-state index contributed by atoms with van der Waals surface area (Å²) in [7, 11) is -4.26. The first-order valence-electron chi connectivity index (χ1n) is 10.2. The maximum atomic E-state index is 14.1. The highest BCUT2D eigenvalue weighted by Crippen LogP contribution is 2.16.